The van der Waals surface area contributed by atoms with Gasteiger partial charge in [0.25, 0.3) is 0 Å². The molecule has 114 valence electrons. The Hall–Kier alpha value is -0.0800. The normalized spacial score (nSPS) is 24.6. The van der Waals surface area contributed by atoms with Gasteiger partial charge in [0, 0.05) is 19.1 Å². The van der Waals surface area contributed by atoms with Gasteiger partial charge in [-0.3, -0.25) is 4.90 Å². The third-order valence-corrected chi connectivity index (χ3v) is 4.85. The van der Waals surface area contributed by atoms with Gasteiger partial charge in [-0.25, -0.2) is 0 Å². The molecule has 1 aliphatic rings. The minimum absolute atomic E-state index is 0.779. The standard InChI is InChI=1S/C17H36N2/c1-5-17(6-2)19(12-14(3)4)13-16-9-7-15(11-18)8-10-16/h14-17H,5-13,18H2,1-4H3. The number of nitrogens with two attached hydrogens (primary N) is 1. The summed E-state index contributed by atoms with van der Waals surface area (Å²) in [4.78, 5) is 2.78. The predicted octanol–water partition coefficient (Wildman–Crippen LogP) is 3.90. The Morgan fingerprint density at radius 3 is 1.95 bits per heavy atom. The lowest BCUT2D eigenvalue weighted by Gasteiger charge is -2.37. The Morgan fingerprint density at radius 2 is 1.53 bits per heavy atom. The van der Waals surface area contributed by atoms with Crippen molar-refractivity contribution < 1.29 is 0 Å². The number of rotatable bonds is 8. The van der Waals surface area contributed by atoms with Gasteiger partial charge in [0.2, 0.25) is 0 Å². The molecular weight excluding hydrogens is 232 g/mol. The molecule has 2 N–H and O–H groups in total. The van der Waals surface area contributed by atoms with Crippen LogP contribution >= 0.6 is 0 Å². The summed E-state index contributed by atoms with van der Waals surface area (Å²) in [5.74, 6) is 2.51. The molecule has 19 heavy (non-hydrogen) atoms. The van der Waals surface area contributed by atoms with Crippen LogP contribution in [0.3, 0.4) is 0 Å². The molecule has 1 fully saturated rings. The first-order chi connectivity index (χ1) is 9.10. The van der Waals surface area contributed by atoms with Crippen LogP contribution < -0.4 is 5.73 Å². The minimum atomic E-state index is 0.779. The van der Waals surface area contributed by atoms with E-state index in [0.717, 1.165) is 30.3 Å². The molecule has 0 spiro atoms. The predicted molar refractivity (Wildman–Crippen MR) is 85.3 cm³/mol. The summed E-state index contributed by atoms with van der Waals surface area (Å²) in [6.45, 7) is 12.9. The average molecular weight is 268 g/mol. The minimum Gasteiger partial charge on any atom is -0.330 e. The molecule has 0 bridgehead atoms. The van der Waals surface area contributed by atoms with Crippen LogP contribution in [-0.2, 0) is 0 Å². The Kier molecular flexibility index (Phi) is 8.01. The van der Waals surface area contributed by atoms with E-state index >= 15 is 0 Å². The number of nitrogens with zero attached hydrogens (tertiary/aromatic N) is 1. The van der Waals surface area contributed by atoms with Crippen molar-refractivity contribution in [2.45, 2.75) is 72.3 Å². The Morgan fingerprint density at radius 1 is 1.00 bits per heavy atom. The first-order valence-corrected chi connectivity index (χ1v) is 8.54. The summed E-state index contributed by atoms with van der Waals surface area (Å²) >= 11 is 0. The van der Waals surface area contributed by atoms with Gasteiger partial charge in [-0.1, -0.05) is 27.7 Å². The number of hydrogen-bond donors (Lipinski definition) is 1. The van der Waals surface area contributed by atoms with Crippen molar-refractivity contribution in [3.63, 3.8) is 0 Å². The molecular formula is C17H36N2. The number of hydrogen-bond acceptors (Lipinski definition) is 2. The fraction of sp³-hybridized carbons (Fsp3) is 1.00. The largest absolute Gasteiger partial charge is 0.330 e. The maximum atomic E-state index is 5.80. The summed E-state index contributed by atoms with van der Waals surface area (Å²) in [6.07, 6.45) is 8.11. The van der Waals surface area contributed by atoms with Gasteiger partial charge in [-0.2, -0.15) is 0 Å². The fourth-order valence-corrected chi connectivity index (χ4v) is 3.63. The molecule has 1 aliphatic carbocycles. The second-order valence-electron chi connectivity index (χ2n) is 6.94. The third kappa shape index (κ3) is 5.83. The van der Waals surface area contributed by atoms with E-state index in [4.69, 9.17) is 5.73 Å². The van der Waals surface area contributed by atoms with Crippen molar-refractivity contribution in [2.75, 3.05) is 19.6 Å². The summed E-state index contributed by atoms with van der Waals surface area (Å²) in [5.41, 5.74) is 5.80. The Bertz CT molecular complexity index is 215. The molecule has 0 atom stereocenters. The van der Waals surface area contributed by atoms with Crippen molar-refractivity contribution in [1.29, 1.82) is 0 Å². The molecule has 0 amide bonds. The molecule has 1 rings (SSSR count). The topological polar surface area (TPSA) is 29.3 Å². The van der Waals surface area contributed by atoms with E-state index in [1.54, 1.807) is 0 Å². The maximum Gasteiger partial charge on any atom is 0.00902 e. The average Bonchev–Trinajstić information content (AvgIpc) is 2.40. The van der Waals surface area contributed by atoms with E-state index < -0.39 is 0 Å². The summed E-state index contributed by atoms with van der Waals surface area (Å²) < 4.78 is 0. The zero-order valence-corrected chi connectivity index (χ0v) is 13.7. The molecule has 0 aromatic carbocycles. The second kappa shape index (κ2) is 8.97. The Balaban J connectivity index is 2.47. The highest BCUT2D eigenvalue weighted by Crippen LogP contribution is 2.29. The smallest absolute Gasteiger partial charge is 0.00902 e. The molecule has 0 heterocycles. The lowest BCUT2D eigenvalue weighted by Crippen LogP contribution is -2.41. The highest BCUT2D eigenvalue weighted by Gasteiger charge is 2.24. The molecule has 0 radical (unpaired) electrons. The van der Waals surface area contributed by atoms with Crippen molar-refractivity contribution in [3.8, 4) is 0 Å². The van der Waals surface area contributed by atoms with Crippen LogP contribution in [0.25, 0.3) is 0 Å². The van der Waals surface area contributed by atoms with Crippen LogP contribution in [0, 0.1) is 17.8 Å². The van der Waals surface area contributed by atoms with Gasteiger partial charge in [0.1, 0.15) is 0 Å². The Labute approximate surface area is 121 Å². The van der Waals surface area contributed by atoms with Crippen LogP contribution in [0.2, 0.25) is 0 Å². The van der Waals surface area contributed by atoms with Gasteiger partial charge in [0.15, 0.2) is 0 Å². The third-order valence-electron chi connectivity index (χ3n) is 4.85. The van der Waals surface area contributed by atoms with Crippen LogP contribution in [0.15, 0.2) is 0 Å². The van der Waals surface area contributed by atoms with Gasteiger partial charge < -0.3 is 5.73 Å². The quantitative estimate of drug-likeness (QED) is 0.723. The molecule has 0 aromatic heterocycles. The molecule has 2 nitrogen and oxygen atoms in total. The first-order valence-electron chi connectivity index (χ1n) is 8.54. The van der Waals surface area contributed by atoms with Crippen molar-refractivity contribution in [2.24, 2.45) is 23.5 Å². The fourth-order valence-electron chi connectivity index (χ4n) is 3.63. The second-order valence-corrected chi connectivity index (χ2v) is 6.94. The van der Waals surface area contributed by atoms with E-state index in [2.05, 4.69) is 32.6 Å². The van der Waals surface area contributed by atoms with Crippen molar-refractivity contribution >= 4 is 0 Å². The van der Waals surface area contributed by atoms with Gasteiger partial charge >= 0.3 is 0 Å². The molecule has 2 heteroatoms. The maximum absolute atomic E-state index is 5.80. The lowest BCUT2D eigenvalue weighted by atomic mass is 9.81. The van der Waals surface area contributed by atoms with E-state index in [1.807, 2.05) is 0 Å². The van der Waals surface area contributed by atoms with Crippen molar-refractivity contribution in [3.05, 3.63) is 0 Å². The molecule has 0 aliphatic heterocycles. The van der Waals surface area contributed by atoms with Crippen molar-refractivity contribution in [1.82, 2.24) is 4.90 Å². The van der Waals surface area contributed by atoms with E-state index in [9.17, 15) is 0 Å². The van der Waals surface area contributed by atoms with Gasteiger partial charge in [0.05, 0.1) is 0 Å². The zero-order chi connectivity index (χ0) is 14.3. The molecule has 0 saturated heterocycles. The van der Waals surface area contributed by atoms with Crippen LogP contribution in [-0.4, -0.2) is 30.6 Å². The summed E-state index contributed by atoms with van der Waals surface area (Å²) in [7, 11) is 0. The highest BCUT2D eigenvalue weighted by atomic mass is 15.2. The van der Waals surface area contributed by atoms with Crippen LogP contribution in [0.5, 0.6) is 0 Å². The van der Waals surface area contributed by atoms with Crippen LogP contribution in [0.4, 0.5) is 0 Å². The summed E-state index contributed by atoms with van der Waals surface area (Å²) in [5, 5.41) is 0. The van der Waals surface area contributed by atoms with Gasteiger partial charge in [-0.05, 0) is 62.8 Å². The molecule has 0 unspecified atom stereocenters. The lowest BCUT2D eigenvalue weighted by molar-refractivity contribution is 0.119. The molecule has 1 saturated carbocycles. The first kappa shape index (κ1) is 17.0. The zero-order valence-electron chi connectivity index (χ0n) is 13.7. The SMILES string of the molecule is CCC(CC)N(CC(C)C)CC1CCC(CN)CC1. The van der Waals surface area contributed by atoms with E-state index in [-0.39, 0.29) is 0 Å². The summed E-state index contributed by atoms with van der Waals surface area (Å²) in [6, 6.07) is 0.787. The van der Waals surface area contributed by atoms with E-state index in [0.29, 0.717) is 0 Å². The highest BCUT2D eigenvalue weighted by molar-refractivity contribution is 4.79. The molecule has 0 aromatic rings. The van der Waals surface area contributed by atoms with Gasteiger partial charge in [-0.15, -0.1) is 0 Å². The monoisotopic (exact) mass is 268 g/mol. The van der Waals surface area contributed by atoms with E-state index in [1.165, 1.54) is 51.6 Å². The van der Waals surface area contributed by atoms with Crippen LogP contribution in [0.1, 0.15) is 66.2 Å².